The maximum atomic E-state index is 10.0. The molecule has 0 saturated heterocycles. The van der Waals surface area contributed by atoms with Gasteiger partial charge < -0.3 is 15.0 Å². The van der Waals surface area contributed by atoms with Crippen LogP contribution in [0.5, 0.6) is 5.75 Å². The normalized spacial score (nSPS) is 10.3. The topological polar surface area (TPSA) is 41.6 Å². The number of hydrogen-bond acceptors (Lipinski definition) is 3. The molecule has 0 aliphatic heterocycles. The van der Waals surface area contributed by atoms with Gasteiger partial charge in [-0.1, -0.05) is 12.1 Å². The van der Waals surface area contributed by atoms with Gasteiger partial charge in [0.05, 0.1) is 6.61 Å². The molecule has 1 aromatic carbocycles. The first-order valence-corrected chi connectivity index (χ1v) is 5.76. The molecule has 0 atom stereocenters. The first-order valence-electron chi connectivity index (χ1n) is 5.76. The van der Waals surface area contributed by atoms with Crippen LogP contribution in [-0.4, -0.2) is 38.6 Å². The van der Waals surface area contributed by atoms with Crippen molar-refractivity contribution in [1.82, 2.24) is 10.2 Å². The molecule has 0 bridgehead atoms. The van der Waals surface area contributed by atoms with E-state index >= 15 is 0 Å². The van der Waals surface area contributed by atoms with Gasteiger partial charge >= 0.3 is 0 Å². The van der Waals surface area contributed by atoms with E-state index in [4.69, 9.17) is 4.74 Å². The quantitative estimate of drug-likeness (QED) is 0.546. The van der Waals surface area contributed by atoms with Crippen LogP contribution in [0.1, 0.15) is 12.0 Å². The summed E-state index contributed by atoms with van der Waals surface area (Å²) in [5, 5.41) is 2.60. The van der Waals surface area contributed by atoms with Crippen molar-refractivity contribution in [3.63, 3.8) is 0 Å². The highest BCUT2D eigenvalue weighted by atomic mass is 16.5. The lowest BCUT2D eigenvalue weighted by Gasteiger charge is -2.11. The van der Waals surface area contributed by atoms with Crippen molar-refractivity contribution in [3.05, 3.63) is 29.8 Å². The summed E-state index contributed by atoms with van der Waals surface area (Å²) in [6.07, 6.45) is 1.52. The zero-order valence-corrected chi connectivity index (χ0v) is 10.5. The van der Waals surface area contributed by atoms with Gasteiger partial charge in [0.15, 0.2) is 0 Å². The molecule has 0 spiro atoms. The van der Waals surface area contributed by atoms with E-state index in [-0.39, 0.29) is 0 Å². The van der Waals surface area contributed by atoms with Crippen molar-refractivity contribution in [3.8, 4) is 5.75 Å². The molecule has 0 aliphatic carbocycles. The predicted octanol–water partition coefficient (Wildman–Crippen LogP) is 1.26. The number of carbonyl (C=O) groups excluding carboxylic acids is 1. The van der Waals surface area contributed by atoms with E-state index in [0.29, 0.717) is 19.6 Å². The van der Waals surface area contributed by atoms with Crippen LogP contribution in [0.15, 0.2) is 24.3 Å². The van der Waals surface area contributed by atoms with Crippen molar-refractivity contribution < 1.29 is 9.53 Å². The second kappa shape index (κ2) is 7.68. The van der Waals surface area contributed by atoms with Crippen molar-refractivity contribution in [2.24, 2.45) is 0 Å². The Labute approximate surface area is 103 Å². The highest BCUT2D eigenvalue weighted by molar-refractivity contribution is 5.45. The Bertz CT molecular complexity index is 340. The highest BCUT2D eigenvalue weighted by Crippen LogP contribution is 2.14. The Morgan fingerprint density at radius 3 is 2.94 bits per heavy atom. The van der Waals surface area contributed by atoms with E-state index in [1.807, 2.05) is 32.3 Å². The van der Waals surface area contributed by atoms with E-state index in [9.17, 15) is 4.79 Å². The number of rotatable bonds is 8. The molecule has 0 saturated carbocycles. The van der Waals surface area contributed by atoms with E-state index < -0.39 is 0 Å². The number of nitrogens with one attached hydrogen (secondary N) is 1. The fourth-order valence-electron chi connectivity index (χ4n) is 1.52. The Balaban J connectivity index is 2.35. The van der Waals surface area contributed by atoms with Crippen LogP contribution in [0.4, 0.5) is 0 Å². The lowest BCUT2D eigenvalue weighted by molar-refractivity contribution is -0.109. The summed E-state index contributed by atoms with van der Waals surface area (Å²) in [5.74, 6) is 0.885. The monoisotopic (exact) mass is 236 g/mol. The average molecular weight is 236 g/mol. The van der Waals surface area contributed by atoms with Gasteiger partial charge in [-0.25, -0.2) is 0 Å². The summed E-state index contributed by atoms with van der Waals surface area (Å²) in [6.45, 7) is 2.18. The summed E-state index contributed by atoms with van der Waals surface area (Å²) in [4.78, 5) is 12.1. The van der Waals surface area contributed by atoms with Crippen LogP contribution in [0.2, 0.25) is 0 Å². The second-order valence-corrected chi connectivity index (χ2v) is 4.16. The van der Waals surface area contributed by atoms with Crippen LogP contribution < -0.4 is 10.1 Å². The second-order valence-electron chi connectivity index (χ2n) is 4.16. The van der Waals surface area contributed by atoms with Gasteiger partial charge in [-0.05, 0) is 38.2 Å². The Kier molecular flexibility index (Phi) is 6.10. The van der Waals surface area contributed by atoms with Crippen LogP contribution in [0.25, 0.3) is 0 Å². The van der Waals surface area contributed by atoms with Crippen molar-refractivity contribution in [2.75, 3.05) is 27.2 Å². The number of nitrogens with zero attached hydrogens (tertiary/aromatic N) is 1. The Hall–Kier alpha value is -1.55. The summed E-state index contributed by atoms with van der Waals surface area (Å²) >= 11 is 0. The largest absolute Gasteiger partial charge is 0.494 e. The lowest BCUT2D eigenvalue weighted by Crippen LogP contribution is -2.15. The first kappa shape index (κ1) is 13.5. The first-order chi connectivity index (χ1) is 8.22. The molecule has 0 heterocycles. The van der Waals surface area contributed by atoms with Gasteiger partial charge in [-0.15, -0.1) is 0 Å². The zero-order chi connectivity index (χ0) is 12.5. The summed E-state index contributed by atoms with van der Waals surface area (Å²) in [5.41, 5.74) is 1.23. The van der Waals surface area contributed by atoms with Gasteiger partial charge in [0, 0.05) is 13.1 Å². The molecule has 1 aromatic rings. The van der Waals surface area contributed by atoms with Crippen molar-refractivity contribution >= 4 is 6.41 Å². The van der Waals surface area contributed by atoms with Crippen molar-refractivity contribution in [1.29, 1.82) is 0 Å². The van der Waals surface area contributed by atoms with Crippen LogP contribution in [0.3, 0.4) is 0 Å². The van der Waals surface area contributed by atoms with Crippen LogP contribution >= 0.6 is 0 Å². The van der Waals surface area contributed by atoms with E-state index in [1.165, 1.54) is 5.56 Å². The molecule has 0 unspecified atom stereocenters. The van der Waals surface area contributed by atoms with E-state index in [0.717, 1.165) is 18.7 Å². The van der Waals surface area contributed by atoms with Crippen molar-refractivity contribution in [2.45, 2.75) is 13.0 Å². The van der Waals surface area contributed by atoms with Gasteiger partial charge in [-0.3, -0.25) is 4.79 Å². The van der Waals surface area contributed by atoms with Gasteiger partial charge in [0.1, 0.15) is 5.75 Å². The number of hydrogen-bond donors (Lipinski definition) is 1. The smallest absolute Gasteiger partial charge is 0.207 e. The minimum Gasteiger partial charge on any atom is -0.494 e. The third-order valence-corrected chi connectivity index (χ3v) is 2.21. The maximum Gasteiger partial charge on any atom is 0.207 e. The standard InChI is InChI=1S/C13H20N2O2/c1-15(2)10-12-5-3-6-13(9-12)17-8-4-7-14-11-16/h3,5-6,9,11H,4,7-8,10H2,1-2H3,(H,14,16). The minimum absolute atomic E-state index is 0.617. The molecule has 1 N–H and O–H groups in total. The predicted molar refractivity (Wildman–Crippen MR) is 68.0 cm³/mol. The molecule has 0 aromatic heterocycles. The zero-order valence-electron chi connectivity index (χ0n) is 10.5. The number of ether oxygens (including phenoxy) is 1. The summed E-state index contributed by atoms with van der Waals surface area (Å²) in [6, 6.07) is 8.08. The third kappa shape index (κ3) is 5.92. The minimum atomic E-state index is 0.617. The molecule has 0 aliphatic rings. The van der Waals surface area contributed by atoms with Crippen LogP contribution in [0, 0.1) is 0 Å². The molecule has 94 valence electrons. The maximum absolute atomic E-state index is 10.0. The van der Waals surface area contributed by atoms with Crippen LogP contribution in [-0.2, 0) is 11.3 Å². The molecular formula is C13H20N2O2. The molecule has 0 fully saturated rings. The van der Waals surface area contributed by atoms with Gasteiger partial charge in [0.25, 0.3) is 0 Å². The van der Waals surface area contributed by atoms with Gasteiger partial charge in [0.2, 0.25) is 6.41 Å². The number of carbonyl (C=O) groups is 1. The third-order valence-electron chi connectivity index (χ3n) is 2.21. The molecule has 1 rings (SSSR count). The SMILES string of the molecule is CN(C)Cc1cccc(OCCCNC=O)c1. The Morgan fingerprint density at radius 2 is 2.24 bits per heavy atom. The molecule has 0 radical (unpaired) electrons. The summed E-state index contributed by atoms with van der Waals surface area (Å²) in [7, 11) is 4.08. The highest BCUT2D eigenvalue weighted by Gasteiger charge is 1.98. The molecule has 1 amide bonds. The summed E-state index contributed by atoms with van der Waals surface area (Å²) < 4.78 is 5.60. The number of benzene rings is 1. The molecular weight excluding hydrogens is 216 g/mol. The van der Waals surface area contributed by atoms with E-state index in [2.05, 4.69) is 16.3 Å². The fraction of sp³-hybridized carbons (Fsp3) is 0.462. The number of amides is 1. The molecule has 17 heavy (non-hydrogen) atoms. The Morgan fingerprint density at radius 1 is 1.41 bits per heavy atom. The molecule has 4 nitrogen and oxygen atoms in total. The van der Waals surface area contributed by atoms with Gasteiger partial charge in [-0.2, -0.15) is 0 Å². The fourth-order valence-corrected chi connectivity index (χ4v) is 1.52. The van der Waals surface area contributed by atoms with E-state index in [1.54, 1.807) is 0 Å². The molecule has 4 heteroatoms. The lowest BCUT2D eigenvalue weighted by atomic mass is 10.2. The average Bonchev–Trinajstić information content (AvgIpc) is 2.28.